The van der Waals surface area contributed by atoms with Crippen LogP contribution in [0.25, 0.3) is 0 Å². The van der Waals surface area contributed by atoms with E-state index in [1.165, 1.54) is 22.6 Å². The molecule has 1 aliphatic heterocycles. The Kier molecular flexibility index (Phi) is 7.98. The van der Waals surface area contributed by atoms with Gasteiger partial charge in [0.1, 0.15) is 0 Å². The zero-order valence-electron chi connectivity index (χ0n) is 18.2. The van der Waals surface area contributed by atoms with Gasteiger partial charge in [-0.2, -0.15) is 4.31 Å². The van der Waals surface area contributed by atoms with Crippen molar-refractivity contribution >= 4 is 27.4 Å². The maximum absolute atomic E-state index is 12.8. The van der Waals surface area contributed by atoms with Crippen LogP contribution in [-0.4, -0.2) is 42.1 Å². The van der Waals surface area contributed by atoms with E-state index < -0.39 is 15.6 Å². The lowest BCUT2D eigenvalue weighted by molar-refractivity contribution is -0.116. The molecule has 0 unspecified atom stereocenters. The Bertz CT molecular complexity index is 1120. The highest BCUT2D eigenvalue weighted by Crippen LogP contribution is 2.20. The van der Waals surface area contributed by atoms with E-state index in [9.17, 15) is 22.8 Å². The number of Topliss-reactive ketones (excluding diaryl/α,β-unsaturated/α-hetero) is 1. The summed E-state index contributed by atoms with van der Waals surface area (Å²) < 4.78 is 28.0. The van der Waals surface area contributed by atoms with Crippen LogP contribution in [0.2, 0.25) is 0 Å². The van der Waals surface area contributed by atoms with E-state index in [1.54, 1.807) is 24.3 Å². The molecule has 0 saturated carbocycles. The number of aromatic nitrogens is 1. The van der Waals surface area contributed by atoms with Crippen LogP contribution < -0.4 is 10.9 Å². The molecule has 2 aromatic rings. The third-order valence-corrected chi connectivity index (χ3v) is 7.35. The topological polar surface area (TPSA) is 106 Å². The molecule has 0 aliphatic carbocycles. The van der Waals surface area contributed by atoms with Crippen LogP contribution in [0.3, 0.4) is 0 Å². The Balaban J connectivity index is 1.68. The molecule has 1 amide bonds. The van der Waals surface area contributed by atoms with E-state index in [0.29, 0.717) is 30.8 Å². The van der Waals surface area contributed by atoms with Crippen LogP contribution in [-0.2, 0) is 21.4 Å². The number of carbonyl (C=O) groups is 2. The largest absolute Gasteiger partial charge is 0.326 e. The third kappa shape index (κ3) is 5.92. The summed E-state index contributed by atoms with van der Waals surface area (Å²) in [6.45, 7) is 2.72. The number of nitrogens with one attached hydrogen (secondary N) is 1. The van der Waals surface area contributed by atoms with E-state index in [4.69, 9.17) is 0 Å². The Morgan fingerprint density at radius 1 is 1.00 bits per heavy atom. The summed E-state index contributed by atoms with van der Waals surface area (Å²) in [5.41, 5.74) is 0.516. The molecule has 1 N–H and O–H groups in total. The molecule has 172 valence electrons. The highest BCUT2D eigenvalue weighted by Gasteiger charge is 2.27. The number of anilines is 1. The standard InChI is InChI=1S/C23H29N3O5S/c1-2-3-4-7-22(28)24-19-10-8-18(9-11-19)21(27)17-25-16-20(12-13-23(25)29)32(30,31)26-14-5-6-15-26/h8-13,16H,2-7,14-15,17H2,1H3,(H,24,28). The summed E-state index contributed by atoms with van der Waals surface area (Å²) in [4.78, 5) is 36.8. The second-order valence-corrected chi connectivity index (χ2v) is 9.89. The monoisotopic (exact) mass is 459 g/mol. The van der Waals surface area contributed by atoms with E-state index in [-0.39, 0.29) is 23.1 Å². The highest BCUT2D eigenvalue weighted by molar-refractivity contribution is 7.89. The average molecular weight is 460 g/mol. The van der Waals surface area contributed by atoms with Gasteiger partial charge in [-0.25, -0.2) is 8.42 Å². The number of carbonyl (C=O) groups excluding carboxylic acids is 2. The minimum absolute atomic E-state index is 0.00735. The van der Waals surface area contributed by atoms with Gasteiger partial charge in [-0.05, 0) is 49.6 Å². The molecule has 3 rings (SSSR count). The van der Waals surface area contributed by atoms with Gasteiger partial charge in [0.25, 0.3) is 5.56 Å². The first kappa shape index (κ1) is 23.9. The number of benzene rings is 1. The Labute approximate surface area is 188 Å². The number of hydrogen-bond acceptors (Lipinski definition) is 5. The Morgan fingerprint density at radius 2 is 1.69 bits per heavy atom. The molecular formula is C23H29N3O5S. The fraction of sp³-hybridized carbons (Fsp3) is 0.435. The van der Waals surface area contributed by atoms with Gasteiger partial charge in [-0.15, -0.1) is 0 Å². The van der Waals surface area contributed by atoms with Gasteiger partial charge in [-0.1, -0.05) is 19.8 Å². The highest BCUT2D eigenvalue weighted by atomic mass is 32.2. The first-order chi connectivity index (χ1) is 15.3. The zero-order valence-corrected chi connectivity index (χ0v) is 19.1. The first-order valence-corrected chi connectivity index (χ1v) is 12.4. The second kappa shape index (κ2) is 10.7. The van der Waals surface area contributed by atoms with Crippen LogP contribution in [0.4, 0.5) is 5.69 Å². The van der Waals surface area contributed by atoms with E-state index in [0.717, 1.165) is 36.7 Å². The fourth-order valence-electron chi connectivity index (χ4n) is 3.61. The van der Waals surface area contributed by atoms with Crippen molar-refractivity contribution in [3.05, 3.63) is 58.5 Å². The van der Waals surface area contributed by atoms with Gasteiger partial charge in [-0.3, -0.25) is 14.4 Å². The molecule has 0 spiro atoms. The van der Waals surface area contributed by atoms with Crippen molar-refractivity contribution in [1.82, 2.24) is 8.87 Å². The van der Waals surface area contributed by atoms with E-state index in [1.807, 2.05) is 0 Å². The van der Waals surface area contributed by atoms with Crippen molar-refractivity contribution in [2.45, 2.75) is 56.9 Å². The molecule has 32 heavy (non-hydrogen) atoms. The lowest BCUT2D eigenvalue weighted by atomic mass is 10.1. The van der Waals surface area contributed by atoms with Crippen LogP contribution in [0.5, 0.6) is 0 Å². The number of nitrogens with zero attached hydrogens (tertiary/aromatic N) is 2. The van der Waals surface area contributed by atoms with Crippen molar-refractivity contribution in [3.63, 3.8) is 0 Å². The molecule has 8 nitrogen and oxygen atoms in total. The molecule has 1 fully saturated rings. The SMILES string of the molecule is CCCCCC(=O)Nc1ccc(C(=O)Cn2cc(S(=O)(=O)N3CCCC3)ccc2=O)cc1. The van der Waals surface area contributed by atoms with Gasteiger partial charge in [0.15, 0.2) is 5.78 Å². The van der Waals surface area contributed by atoms with Crippen molar-refractivity contribution < 1.29 is 18.0 Å². The maximum Gasteiger partial charge on any atom is 0.251 e. The van der Waals surface area contributed by atoms with Crippen LogP contribution in [0, 0.1) is 0 Å². The van der Waals surface area contributed by atoms with E-state index >= 15 is 0 Å². The molecule has 0 bridgehead atoms. The Hall–Kier alpha value is -2.78. The predicted octanol–water partition coefficient (Wildman–Crippen LogP) is 3.03. The molecule has 0 atom stereocenters. The van der Waals surface area contributed by atoms with Crippen LogP contribution in [0.15, 0.2) is 52.3 Å². The van der Waals surface area contributed by atoms with Crippen molar-refractivity contribution in [1.29, 1.82) is 0 Å². The number of hydrogen-bond donors (Lipinski definition) is 1. The number of pyridine rings is 1. The van der Waals surface area contributed by atoms with Crippen molar-refractivity contribution in [2.75, 3.05) is 18.4 Å². The molecule has 1 aromatic heterocycles. The smallest absolute Gasteiger partial charge is 0.251 e. The summed E-state index contributed by atoms with van der Waals surface area (Å²) in [6, 6.07) is 8.91. The lowest BCUT2D eigenvalue weighted by Crippen LogP contribution is -2.30. The molecule has 1 aromatic carbocycles. The molecule has 1 aliphatic rings. The predicted molar refractivity (Wildman–Crippen MR) is 122 cm³/mol. The summed E-state index contributed by atoms with van der Waals surface area (Å²) >= 11 is 0. The minimum atomic E-state index is -3.68. The number of amides is 1. The number of rotatable bonds is 10. The third-order valence-electron chi connectivity index (χ3n) is 5.47. The summed E-state index contributed by atoms with van der Waals surface area (Å²) in [5.74, 6) is -0.399. The summed E-state index contributed by atoms with van der Waals surface area (Å²) in [7, 11) is -3.68. The van der Waals surface area contributed by atoms with E-state index in [2.05, 4.69) is 12.2 Å². The van der Waals surface area contributed by atoms with Gasteiger partial charge in [0.05, 0.1) is 11.4 Å². The quantitative estimate of drug-likeness (QED) is 0.434. The van der Waals surface area contributed by atoms with Gasteiger partial charge < -0.3 is 9.88 Å². The fourth-order valence-corrected chi connectivity index (χ4v) is 5.15. The number of unbranched alkanes of at least 4 members (excludes halogenated alkanes) is 2. The maximum atomic E-state index is 12.8. The molecule has 0 radical (unpaired) electrons. The van der Waals surface area contributed by atoms with Gasteiger partial charge >= 0.3 is 0 Å². The molecule has 1 saturated heterocycles. The average Bonchev–Trinajstić information content (AvgIpc) is 3.32. The van der Waals surface area contributed by atoms with Crippen LogP contribution >= 0.6 is 0 Å². The van der Waals surface area contributed by atoms with Crippen molar-refractivity contribution in [3.8, 4) is 0 Å². The van der Waals surface area contributed by atoms with Gasteiger partial charge in [0, 0.05) is 43.0 Å². The number of ketones is 1. The zero-order chi connectivity index (χ0) is 23.1. The molecule has 9 heteroatoms. The molecular weight excluding hydrogens is 430 g/mol. The summed E-state index contributed by atoms with van der Waals surface area (Å²) in [6.07, 6.45) is 6.19. The van der Waals surface area contributed by atoms with Crippen molar-refractivity contribution in [2.24, 2.45) is 0 Å². The Morgan fingerprint density at radius 3 is 2.34 bits per heavy atom. The molecule has 2 heterocycles. The summed E-state index contributed by atoms with van der Waals surface area (Å²) in [5, 5.41) is 2.80. The number of sulfonamides is 1. The minimum Gasteiger partial charge on any atom is -0.326 e. The second-order valence-electron chi connectivity index (χ2n) is 7.95. The lowest BCUT2D eigenvalue weighted by Gasteiger charge is -2.16. The first-order valence-electron chi connectivity index (χ1n) is 10.9. The van der Waals surface area contributed by atoms with Crippen LogP contribution in [0.1, 0.15) is 55.8 Å². The van der Waals surface area contributed by atoms with Gasteiger partial charge in [0.2, 0.25) is 15.9 Å². The normalized spacial score (nSPS) is 14.4.